The Morgan fingerprint density at radius 3 is 2.90 bits per heavy atom. The number of benzene rings is 1. The second-order valence-electron chi connectivity index (χ2n) is 6.56. The summed E-state index contributed by atoms with van der Waals surface area (Å²) in [5.41, 5.74) is 2.20. The Kier molecular flexibility index (Phi) is 5.53. The first-order valence-corrected chi connectivity index (χ1v) is 10.0. The van der Waals surface area contributed by atoms with E-state index in [-0.39, 0.29) is 24.1 Å². The smallest absolute Gasteiger partial charge is 0.293 e. The van der Waals surface area contributed by atoms with Gasteiger partial charge in [-0.2, -0.15) is 0 Å². The summed E-state index contributed by atoms with van der Waals surface area (Å²) in [6.07, 6.45) is 5.74. The van der Waals surface area contributed by atoms with E-state index in [1.165, 1.54) is 12.3 Å². The standard InChI is InChI=1S/C21H19N3O4S/c25-19(22-9-7-14-13-23-17-6-2-1-5-16(14)17)8-10-24-20(26)18(29-21(24)27)12-15-4-3-11-28-15/h1-6,11-13,23H,7-10H2,(H,22,25)/b18-12-. The van der Waals surface area contributed by atoms with Gasteiger partial charge in [-0.15, -0.1) is 0 Å². The first kappa shape index (κ1) is 19.1. The van der Waals surface area contributed by atoms with Crippen molar-refractivity contribution in [2.45, 2.75) is 12.8 Å². The molecule has 4 rings (SSSR count). The van der Waals surface area contributed by atoms with E-state index in [1.54, 1.807) is 12.1 Å². The van der Waals surface area contributed by atoms with E-state index in [4.69, 9.17) is 4.42 Å². The number of amides is 3. The van der Waals surface area contributed by atoms with Crippen molar-refractivity contribution in [3.05, 3.63) is 65.1 Å². The highest BCUT2D eigenvalue weighted by Gasteiger charge is 2.35. The monoisotopic (exact) mass is 409 g/mol. The minimum atomic E-state index is -0.400. The number of para-hydroxylation sites is 1. The van der Waals surface area contributed by atoms with Crippen LogP contribution in [0.4, 0.5) is 4.79 Å². The van der Waals surface area contributed by atoms with Gasteiger partial charge in [0, 0.05) is 42.7 Å². The molecule has 0 aliphatic carbocycles. The SMILES string of the molecule is O=C(CCN1C(=O)S/C(=C\c2ccco2)C1=O)NCCc1c[nH]c2ccccc12. The maximum Gasteiger partial charge on any atom is 0.293 e. The lowest BCUT2D eigenvalue weighted by Gasteiger charge is -2.12. The Bertz CT molecular complexity index is 1080. The van der Waals surface area contributed by atoms with Gasteiger partial charge in [0.2, 0.25) is 5.91 Å². The van der Waals surface area contributed by atoms with Crippen LogP contribution in [0.25, 0.3) is 17.0 Å². The maximum atomic E-state index is 12.4. The summed E-state index contributed by atoms with van der Waals surface area (Å²) in [5, 5.41) is 3.61. The minimum absolute atomic E-state index is 0.0546. The molecule has 148 valence electrons. The molecule has 2 N–H and O–H groups in total. The third-order valence-electron chi connectivity index (χ3n) is 4.64. The van der Waals surface area contributed by atoms with Crippen molar-refractivity contribution in [1.29, 1.82) is 0 Å². The summed E-state index contributed by atoms with van der Waals surface area (Å²) in [7, 11) is 0. The van der Waals surface area contributed by atoms with Crippen LogP contribution in [0, 0.1) is 0 Å². The highest BCUT2D eigenvalue weighted by atomic mass is 32.2. The van der Waals surface area contributed by atoms with Crippen molar-refractivity contribution < 1.29 is 18.8 Å². The van der Waals surface area contributed by atoms with Crippen LogP contribution in [0.1, 0.15) is 17.7 Å². The molecule has 0 atom stereocenters. The molecular weight excluding hydrogens is 390 g/mol. The molecule has 29 heavy (non-hydrogen) atoms. The van der Waals surface area contributed by atoms with Crippen LogP contribution in [0.3, 0.4) is 0 Å². The van der Waals surface area contributed by atoms with Gasteiger partial charge in [0.1, 0.15) is 5.76 Å². The summed E-state index contributed by atoms with van der Waals surface area (Å²) in [5.74, 6) is -0.0904. The largest absolute Gasteiger partial charge is 0.465 e. The molecule has 0 spiro atoms. The molecule has 0 bridgehead atoms. The van der Waals surface area contributed by atoms with Gasteiger partial charge < -0.3 is 14.7 Å². The molecule has 8 heteroatoms. The van der Waals surface area contributed by atoms with Crippen molar-refractivity contribution in [3.63, 3.8) is 0 Å². The van der Waals surface area contributed by atoms with Crippen LogP contribution in [-0.2, 0) is 16.0 Å². The molecular formula is C21H19N3O4S. The number of nitrogens with zero attached hydrogens (tertiary/aromatic N) is 1. The zero-order chi connectivity index (χ0) is 20.2. The summed E-state index contributed by atoms with van der Waals surface area (Å²) in [6.45, 7) is 0.542. The average Bonchev–Trinajstić information content (AvgIpc) is 3.43. The molecule has 1 aliphatic rings. The molecule has 1 aromatic carbocycles. The van der Waals surface area contributed by atoms with E-state index in [1.807, 2.05) is 30.5 Å². The number of hydrogen-bond donors (Lipinski definition) is 2. The topological polar surface area (TPSA) is 95.4 Å². The van der Waals surface area contributed by atoms with Gasteiger partial charge >= 0.3 is 0 Å². The number of nitrogens with one attached hydrogen (secondary N) is 2. The molecule has 1 aliphatic heterocycles. The molecule has 2 aromatic heterocycles. The lowest BCUT2D eigenvalue weighted by Crippen LogP contribution is -2.34. The third-order valence-corrected chi connectivity index (χ3v) is 5.55. The van der Waals surface area contributed by atoms with Gasteiger partial charge in [0.15, 0.2) is 0 Å². The number of rotatable bonds is 7. The number of furan rings is 1. The molecule has 3 heterocycles. The van der Waals surface area contributed by atoms with E-state index in [9.17, 15) is 14.4 Å². The predicted molar refractivity (Wildman–Crippen MR) is 111 cm³/mol. The fraction of sp³-hybridized carbons (Fsp3) is 0.190. The molecule has 3 aromatic rings. The number of hydrogen-bond acceptors (Lipinski definition) is 5. The Morgan fingerprint density at radius 1 is 1.21 bits per heavy atom. The molecule has 3 amide bonds. The second-order valence-corrected chi connectivity index (χ2v) is 7.55. The van der Waals surface area contributed by atoms with Crippen LogP contribution in [0.2, 0.25) is 0 Å². The summed E-state index contributed by atoms with van der Waals surface area (Å²) in [6, 6.07) is 11.4. The van der Waals surface area contributed by atoms with Crippen molar-refractivity contribution in [3.8, 4) is 0 Å². The lowest BCUT2D eigenvalue weighted by molar-refractivity contribution is -0.124. The second kappa shape index (κ2) is 8.40. The molecule has 0 radical (unpaired) electrons. The van der Waals surface area contributed by atoms with Gasteiger partial charge in [0.25, 0.3) is 11.1 Å². The van der Waals surface area contributed by atoms with Crippen LogP contribution < -0.4 is 5.32 Å². The minimum Gasteiger partial charge on any atom is -0.465 e. The quantitative estimate of drug-likeness (QED) is 0.582. The highest BCUT2D eigenvalue weighted by molar-refractivity contribution is 8.18. The summed E-state index contributed by atoms with van der Waals surface area (Å²) < 4.78 is 5.18. The van der Waals surface area contributed by atoms with Gasteiger partial charge in [-0.1, -0.05) is 18.2 Å². The average molecular weight is 409 g/mol. The lowest BCUT2D eigenvalue weighted by atomic mass is 10.1. The number of thioether (sulfide) groups is 1. The Hall–Kier alpha value is -3.26. The van der Waals surface area contributed by atoms with E-state index < -0.39 is 5.91 Å². The molecule has 0 saturated carbocycles. The van der Waals surface area contributed by atoms with Gasteiger partial charge in [-0.25, -0.2) is 0 Å². The Morgan fingerprint density at radius 2 is 2.07 bits per heavy atom. The van der Waals surface area contributed by atoms with Gasteiger partial charge in [-0.05, 0) is 41.9 Å². The summed E-state index contributed by atoms with van der Waals surface area (Å²) >= 11 is 0.852. The molecule has 7 nitrogen and oxygen atoms in total. The van der Waals surface area contributed by atoms with E-state index in [2.05, 4.69) is 10.3 Å². The fourth-order valence-corrected chi connectivity index (χ4v) is 4.02. The maximum absolute atomic E-state index is 12.4. The first-order valence-electron chi connectivity index (χ1n) is 9.22. The predicted octanol–water partition coefficient (Wildman–Crippen LogP) is 3.55. The first-order chi connectivity index (χ1) is 14.1. The van der Waals surface area contributed by atoms with Crippen LogP contribution in [0.5, 0.6) is 0 Å². The summed E-state index contributed by atoms with van der Waals surface area (Å²) in [4.78, 5) is 41.2. The number of carbonyl (C=O) groups is 3. The number of H-pyrrole nitrogens is 1. The van der Waals surface area contributed by atoms with Crippen molar-refractivity contribution in [2.75, 3.05) is 13.1 Å². The number of fused-ring (bicyclic) bond motifs is 1. The fourth-order valence-electron chi connectivity index (χ4n) is 3.17. The number of imide groups is 1. The van der Waals surface area contributed by atoms with Crippen LogP contribution in [0.15, 0.2) is 58.2 Å². The Balaban J connectivity index is 1.26. The Labute approximate surface area is 171 Å². The van der Waals surface area contributed by atoms with E-state index >= 15 is 0 Å². The molecule has 0 unspecified atom stereocenters. The number of aromatic amines is 1. The third kappa shape index (κ3) is 4.27. The van der Waals surface area contributed by atoms with Crippen molar-refractivity contribution >= 4 is 45.8 Å². The van der Waals surface area contributed by atoms with Gasteiger partial charge in [0.05, 0.1) is 11.2 Å². The van der Waals surface area contributed by atoms with Crippen molar-refractivity contribution in [1.82, 2.24) is 15.2 Å². The number of aromatic nitrogens is 1. The van der Waals surface area contributed by atoms with Gasteiger partial charge in [-0.3, -0.25) is 19.3 Å². The zero-order valence-corrected chi connectivity index (χ0v) is 16.3. The zero-order valence-electron chi connectivity index (χ0n) is 15.5. The number of carbonyl (C=O) groups excluding carboxylic acids is 3. The van der Waals surface area contributed by atoms with E-state index in [0.717, 1.165) is 33.1 Å². The molecule has 1 fully saturated rings. The van der Waals surface area contributed by atoms with Crippen molar-refractivity contribution in [2.24, 2.45) is 0 Å². The van der Waals surface area contributed by atoms with Crippen LogP contribution in [-0.4, -0.2) is 40.0 Å². The van der Waals surface area contributed by atoms with E-state index in [0.29, 0.717) is 23.6 Å². The highest BCUT2D eigenvalue weighted by Crippen LogP contribution is 2.32. The molecule has 1 saturated heterocycles. The van der Waals surface area contributed by atoms with Crippen LogP contribution >= 0.6 is 11.8 Å². The normalized spacial score (nSPS) is 15.6.